The number of hydrogen-bond donors (Lipinski definition) is 1. The standard InChI is InChI=1S/C15H21NS.CH3I/c1-4-12-10-7-14(13(12)5-1)15(8-10)16-9-11-3-2-6-17-11;1-2/h2-3,6,10,12-16H,1,4-5,7-9H2;1H3/t10-,12+,13+,14-,15+;/m0./s1. The van der Waals surface area contributed by atoms with Gasteiger partial charge in [-0.05, 0) is 65.7 Å². The van der Waals surface area contributed by atoms with Gasteiger partial charge in [0.05, 0.1) is 0 Å². The summed E-state index contributed by atoms with van der Waals surface area (Å²) in [5, 5.41) is 6.02. The third kappa shape index (κ3) is 2.75. The number of rotatable bonds is 3. The molecule has 0 aromatic carbocycles. The molecule has 1 aromatic heterocycles. The molecule has 3 saturated carbocycles. The molecular formula is C16H24INS. The van der Waals surface area contributed by atoms with Gasteiger partial charge in [0.15, 0.2) is 0 Å². The first-order chi connectivity index (χ1) is 9.42. The Morgan fingerprint density at radius 1 is 1.21 bits per heavy atom. The molecule has 3 aliphatic carbocycles. The lowest BCUT2D eigenvalue weighted by atomic mass is 9.79. The molecule has 3 heteroatoms. The van der Waals surface area contributed by atoms with Gasteiger partial charge in [-0.3, -0.25) is 0 Å². The van der Waals surface area contributed by atoms with Crippen molar-refractivity contribution >= 4 is 33.9 Å². The number of fused-ring (bicyclic) bond motifs is 5. The van der Waals surface area contributed by atoms with Gasteiger partial charge in [0.1, 0.15) is 0 Å². The van der Waals surface area contributed by atoms with Crippen LogP contribution in [-0.4, -0.2) is 11.0 Å². The van der Waals surface area contributed by atoms with E-state index < -0.39 is 0 Å². The Labute approximate surface area is 134 Å². The number of nitrogens with one attached hydrogen (secondary N) is 1. The maximum atomic E-state index is 3.84. The van der Waals surface area contributed by atoms with Crippen molar-refractivity contribution < 1.29 is 0 Å². The Balaban J connectivity index is 0.000000528. The van der Waals surface area contributed by atoms with E-state index in [1.807, 2.05) is 16.3 Å². The zero-order chi connectivity index (χ0) is 13.2. The minimum Gasteiger partial charge on any atom is -0.309 e. The van der Waals surface area contributed by atoms with Crippen LogP contribution >= 0.6 is 33.9 Å². The van der Waals surface area contributed by atoms with Crippen LogP contribution in [0.15, 0.2) is 17.5 Å². The van der Waals surface area contributed by atoms with Crippen LogP contribution in [0.5, 0.6) is 0 Å². The van der Waals surface area contributed by atoms with Crippen LogP contribution in [0.25, 0.3) is 0 Å². The molecule has 3 aliphatic rings. The van der Waals surface area contributed by atoms with Crippen molar-refractivity contribution in [3.8, 4) is 0 Å². The molecule has 1 nitrogen and oxygen atoms in total. The second-order valence-corrected chi connectivity index (χ2v) is 7.25. The fourth-order valence-corrected chi connectivity index (χ4v) is 5.60. The van der Waals surface area contributed by atoms with Crippen LogP contribution in [0.1, 0.15) is 37.0 Å². The van der Waals surface area contributed by atoms with Gasteiger partial charge in [-0.15, -0.1) is 11.3 Å². The Morgan fingerprint density at radius 2 is 2.05 bits per heavy atom. The van der Waals surface area contributed by atoms with Gasteiger partial charge in [0.25, 0.3) is 0 Å². The summed E-state index contributed by atoms with van der Waals surface area (Å²) >= 11 is 4.03. The second-order valence-electron chi connectivity index (χ2n) is 6.22. The molecule has 0 spiro atoms. The van der Waals surface area contributed by atoms with Crippen molar-refractivity contribution in [1.82, 2.24) is 5.32 Å². The SMILES string of the molecule is CI.c1csc(CN[C@@H]2C[C@@H]3C[C@H]2[C@@H]2CCC[C@H]32)c1. The fraction of sp³-hybridized carbons (Fsp3) is 0.750. The van der Waals surface area contributed by atoms with E-state index in [0.29, 0.717) is 0 Å². The molecule has 19 heavy (non-hydrogen) atoms. The van der Waals surface area contributed by atoms with E-state index in [9.17, 15) is 0 Å². The van der Waals surface area contributed by atoms with Crippen LogP contribution < -0.4 is 5.32 Å². The highest BCUT2D eigenvalue weighted by atomic mass is 127. The predicted octanol–water partition coefficient (Wildman–Crippen LogP) is 4.71. The highest BCUT2D eigenvalue weighted by molar-refractivity contribution is 14.1. The van der Waals surface area contributed by atoms with Crippen LogP contribution in [0.3, 0.4) is 0 Å². The fourth-order valence-electron chi connectivity index (χ4n) is 4.95. The molecule has 0 aliphatic heterocycles. The monoisotopic (exact) mass is 389 g/mol. The first-order valence-electron chi connectivity index (χ1n) is 7.55. The number of hydrogen-bond acceptors (Lipinski definition) is 2. The van der Waals surface area contributed by atoms with Gasteiger partial charge in [0.2, 0.25) is 0 Å². The van der Waals surface area contributed by atoms with Crippen molar-refractivity contribution in [3.63, 3.8) is 0 Å². The highest BCUT2D eigenvalue weighted by Crippen LogP contribution is 2.58. The minimum absolute atomic E-state index is 0.835. The number of thiophene rings is 1. The lowest BCUT2D eigenvalue weighted by Crippen LogP contribution is -2.38. The van der Waals surface area contributed by atoms with Crippen molar-refractivity contribution in [2.45, 2.75) is 44.7 Å². The highest BCUT2D eigenvalue weighted by Gasteiger charge is 2.53. The molecule has 1 aromatic rings. The van der Waals surface area contributed by atoms with Gasteiger partial charge in [-0.2, -0.15) is 0 Å². The molecule has 0 radical (unpaired) electrons. The van der Waals surface area contributed by atoms with Crippen LogP contribution in [0.4, 0.5) is 0 Å². The average molecular weight is 389 g/mol. The lowest BCUT2D eigenvalue weighted by molar-refractivity contribution is 0.208. The molecule has 5 atom stereocenters. The number of alkyl halides is 1. The van der Waals surface area contributed by atoms with Crippen LogP contribution in [-0.2, 0) is 6.54 Å². The van der Waals surface area contributed by atoms with Gasteiger partial charge < -0.3 is 5.32 Å². The van der Waals surface area contributed by atoms with E-state index in [1.54, 1.807) is 6.42 Å². The molecule has 2 bridgehead atoms. The summed E-state index contributed by atoms with van der Waals surface area (Å²) in [6.45, 7) is 1.10. The van der Waals surface area contributed by atoms with E-state index >= 15 is 0 Å². The maximum Gasteiger partial charge on any atom is 0.0302 e. The van der Waals surface area contributed by atoms with E-state index in [1.165, 1.54) is 30.6 Å². The van der Waals surface area contributed by atoms with Gasteiger partial charge in [-0.1, -0.05) is 35.1 Å². The van der Waals surface area contributed by atoms with Crippen molar-refractivity contribution in [3.05, 3.63) is 22.4 Å². The summed E-state index contributed by atoms with van der Waals surface area (Å²) < 4.78 is 0. The molecule has 4 rings (SSSR count). The molecule has 0 saturated heterocycles. The van der Waals surface area contributed by atoms with Crippen LogP contribution in [0.2, 0.25) is 0 Å². The summed E-state index contributed by atoms with van der Waals surface area (Å²) in [5.41, 5.74) is 0. The third-order valence-corrected chi connectivity index (χ3v) is 6.42. The van der Waals surface area contributed by atoms with Gasteiger partial charge in [0, 0.05) is 17.5 Å². The predicted molar refractivity (Wildman–Crippen MR) is 91.9 cm³/mol. The first kappa shape index (κ1) is 14.3. The molecule has 1 heterocycles. The lowest BCUT2D eigenvalue weighted by Gasteiger charge is -2.32. The summed E-state index contributed by atoms with van der Waals surface area (Å²) in [6, 6.07) is 5.25. The van der Waals surface area contributed by atoms with E-state index in [0.717, 1.165) is 36.3 Å². The van der Waals surface area contributed by atoms with E-state index in [4.69, 9.17) is 0 Å². The van der Waals surface area contributed by atoms with Crippen LogP contribution in [0, 0.1) is 23.7 Å². The molecule has 1 N–H and O–H groups in total. The van der Waals surface area contributed by atoms with Crippen molar-refractivity contribution in [2.24, 2.45) is 23.7 Å². The second kappa shape index (κ2) is 6.44. The summed E-state index contributed by atoms with van der Waals surface area (Å²) in [7, 11) is 0. The van der Waals surface area contributed by atoms with Crippen molar-refractivity contribution in [2.75, 3.05) is 4.93 Å². The Hall–Kier alpha value is 0.390. The molecule has 0 amide bonds. The quantitative estimate of drug-likeness (QED) is 0.583. The zero-order valence-corrected chi connectivity index (χ0v) is 14.6. The van der Waals surface area contributed by atoms with E-state index in [2.05, 4.69) is 45.4 Å². The topological polar surface area (TPSA) is 12.0 Å². The summed E-state index contributed by atoms with van der Waals surface area (Å²) in [6.07, 6.45) is 7.60. The summed E-state index contributed by atoms with van der Waals surface area (Å²) in [5.74, 6) is 4.31. The molecular weight excluding hydrogens is 365 g/mol. The molecule has 0 unspecified atom stereocenters. The average Bonchev–Trinajstić information content (AvgIpc) is 3.19. The normalized spacial score (nSPS) is 38.9. The number of halogens is 1. The Kier molecular flexibility index (Phi) is 4.86. The third-order valence-electron chi connectivity index (χ3n) is 5.55. The minimum atomic E-state index is 0.835. The molecule has 3 fully saturated rings. The van der Waals surface area contributed by atoms with Gasteiger partial charge in [-0.25, -0.2) is 0 Å². The van der Waals surface area contributed by atoms with Gasteiger partial charge >= 0.3 is 0 Å². The van der Waals surface area contributed by atoms with E-state index in [-0.39, 0.29) is 0 Å². The largest absolute Gasteiger partial charge is 0.309 e. The summed E-state index contributed by atoms with van der Waals surface area (Å²) in [4.78, 5) is 3.47. The molecule has 106 valence electrons. The Morgan fingerprint density at radius 3 is 2.84 bits per heavy atom. The smallest absolute Gasteiger partial charge is 0.0302 e. The zero-order valence-electron chi connectivity index (χ0n) is 11.6. The van der Waals surface area contributed by atoms with Crippen molar-refractivity contribution in [1.29, 1.82) is 0 Å². The maximum absolute atomic E-state index is 3.84. The Bertz CT molecular complexity index is 391. The first-order valence-corrected chi connectivity index (χ1v) is 10.6.